The lowest BCUT2D eigenvalue weighted by atomic mass is 9.82. The van der Waals surface area contributed by atoms with Crippen LogP contribution in [0.4, 0.5) is 11.4 Å². The summed E-state index contributed by atoms with van der Waals surface area (Å²) in [5, 5.41) is 27.9. The molecule has 0 spiro atoms. The Morgan fingerprint density at radius 1 is 1.24 bits per heavy atom. The third-order valence-corrected chi connectivity index (χ3v) is 8.49. The molecule has 2 aromatic carbocycles. The van der Waals surface area contributed by atoms with Crippen LogP contribution in [0.3, 0.4) is 0 Å². The Hall–Kier alpha value is -3.79. The van der Waals surface area contributed by atoms with E-state index >= 15 is 0 Å². The van der Waals surface area contributed by atoms with Gasteiger partial charge in [-0.3, -0.25) is 14.4 Å². The Labute approximate surface area is 240 Å². The van der Waals surface area contributed by atoms with E-state index in [1.165, 1.54) is 4.90 Å². The lowest BCUT2D eigenvalue weighted by Crippen LogP contribution is -2.46. The zero-order chi connectivity index (χ0) is 29.1. The van der Waals surface area contributed by atoms with Gasteiger partial charge in [0, 0.05) is 36.7 Å². The van der Waals surface area contributed by atoms with Crippen LogP contribution < -0.4 is 15.5 Å². The van der Waals surface area contributed by atoms with Gasteiger partial charge in [0.25, 0.3) is 5.91 Å². The predicted molar refractivity (Wildman–Crippen MR) is 157 cm³/mol. The molecule has 0 unspecified atom stereocenters. The molecule has 4 atom stereocenters. The molecule has 3 aliphatic heterocycles. The maximum Gasteiger partial charge on any atom is 0.264 e. The SMILES string of the molecule is C=CCN1C(=O)[C@@](O)([C@@H](C)/C=C/CC(=O)N2Cc3ccccc3C[C@H]2CO)c2cc(NC(=O)[C@H]3CCCN3)ccc21. The molecular formula is C32H38N4O5. The van der Waals surface area contributed by atoms with Gasteiger partial charge in [-0.2, -0.15) is 0 Å². The first-order chi connectivity index (χ1) is 19.8. The van der Waals surface area contributed by atoms with E-state index in [-0.39, 0.29) is 43.5 Å². The third-order valence-electron chi connectivity index (χ3n) is 8.49. The van der Waals surface area contributed by atoms with Crippen molar-refractivity contribution in [3.63, 3.8) is 0 Å². The van der Waals surface area contributed by atoms with Gasteiger partial charge in [0.2, 0.25) is 11.8 Å². The number of anilines is 2. The summed E-state index contributed by atoms with van der Waals surface area (Å²) in [6.45, 7) is 6.82. The number of aliphatic hydroxyl groups is 2. The van der Waals surface area contributed by atoms with E-state index in [9.17, 15) is 24.6 Å². The molecule has 216 valence electrons. The fourth-order valence-electron chi connectivity index (χ4n) is 6.14. The van der Waals surface area contributed by atoms with Gasteiger partial charge >= 0.3 is 0 Å². The van der Waals surface area contributed by atoms with E-state index < -0.39 is 17.4 Å². The summed E-state index contributed by atoms with van der Waals surface area (Å²) in [6, 6.07) is 12.5. The standard InChI is InChI=1S/C32H38N4O5/c1-3-16-35-28-14-13-24(34-30(39)27-11-7-15-33-27)18-26(28)32(41,31(35)40)21(2)8-6-12-29(38)36-19-23-10-5-4-9-22(23)17-25(36)20-37/h3-6,8-10,13-14,18,21,25,27,33,37,41H,1,7,11-12,15-17,19-20H2,2H3,(H,34,39)/b8-6+/t21-,25-,27+,32+/m0/s1. The Bertz CT molecular complexity index is 1370. The maximum absolute atomic E-state index is 13.6. The van der Waals surface area contributed by atoms with Crippen molar-refractivity contribution in [1.29, 1.82) is 0 Å². The molecular weight excluding hydrogens is 520 g/mol. The van der Waals surface area contributed by atoms with Crippen molar-refractivity contribution < 1.29 is 24.6 Å². The third kappa shape index (κ3) is 5.45. The number of aliphatic hydroxyl groups excluding tert-OH is 1. The normalized spacial score (nSPS) is 24.3. The van der Waals surface area contributed by atoms with E-state index in [4.69, 9.17) is 0 Å². The van der Waals surface area contributed by atoms with E-state index in [1.54, 1.807) is 48.3 Å². The van der Waals surface area contributed by atoms with Crippen LogP contribution in [0.1, 0.15) is 42.9 Å². The minimum Gasteiger partial charge on any atom is -0.394 e. The zero-order valence-corrected chi connectivity index (χ0v) is 23.4. The minimum atomic E-state index is -1.89. The van der Waals surface area contributed by atoms with Crippen LogP contribution >= 0.6 is 0 Å². The van der Waals surface area contributed by atoms with E-state index in [1.807, 2.05) is 24.3 Å². The van der Waals surface area contributed by atoms with Crippen molar-refractivity contribution in [3.05, 3.63) is 84.0 Å². The highest BCUT2D eigenvalue weighted by atomic mass is 16.3. The van der Waals surface area contributed by atoms with Gasteiger partial charge in [0.15, 0.2) is 5.60 Å². The van der Waals surface area contributed by atoms with Crippen LogP contribution in [0.2, 0.25) is 0 Å². The van der Waals surface area contributed by atoms with Gasteiger partial charge in [0.1, 0.15) is 0 Å². The maximum atomic E-state index is 13.6. The molecule has 3 amide bonds. The van der Waals surface area contributed by atoms with Gasteiger partial charge in [-0.05, 0) is 55.1 Å². The highest BCUT2D eigenvalue weighted by molar-refractivity contribution is 6.08. The average Bonchev–Trinajstić information content (AvgIpc) is 3.60. The van der Waals surface area contributed by atoms with Gasteiger partial charge in [-0.1, -0.05) is 49.4 Å². The second-order valence-electron chi connectivity index (χ2n) is 11.1. The van der Waals surface area contributed by atoms with Gasteiger partial charge < -0.3 is 30.6 Å². The smallest absolute Gasteiger partial charge is 0.264 e. The fourth-order valence-corrected chi connectivity index (χ4v) is 6.14. The van der Waals surface area contributed by atoms with Gasteiger partial charge in [-0.25, -0.2) is 0 Å². The van der Waals surface area contributed by atoms with Crippen molar-refractivity contribution >= 4 is 29.1 Å². The first-order valence-electron chi connectivity index (χ1n) is 14.3. The second-order valence-corrected chi connectivity index (χ2v) is 11.1. The monoisotopic (exact) mass is 558 g/mol. The number of carbonyl (C=O) groups is 3. The van der Waals surface area contributed by atoms with Crippen LogP contribution in [-0.4, -0.2) is 64.6 Å². The number of hydrogen-bond donors (Lipinski definition) is 4. The first kappa shape index (κ1) is 28.7. The lowest BCUT2D eigenvalue weighted by Gasteiger charge is -2.36. The van der Waals surface area contributed by atoms with Crippen molar-refractivity contribution in [3.8, 4) is 0 Å². The summed E-state index contributed by atoms with van der Waals surface area (Å²) in [5.41, 5.74) is 1.78. The van der Waals surface area contributed by atoms with Crippen LogP contribution in [-0.2, 0) is 33.0 Å². The van der Waals surface area contributed by atoms with E-state index in [0.717, 1.165) is 30.5 Å². The molecule has 1 saturated heterocycles. The molecule has 3 heterocycles. The molecule has 9 heteroatoms. The molecule has 3 aliphatic rings. The predicted octanol–water partition coefficient (Wildman–Crippen LogP) is 2.63. The largest absolute Gasteiger partial charge is 0.394 e. The summed E-state index contributed by atoms with van der Waals surface area (Å²) in [4.78, 5) is 42.7. The van der Waals surface area contributed by atoms with E-state index in [0.29, 0.717) is 29.9 Å². The average molecular weight is 559 g/mol. The van der Waals surface area contributed by atoms with Crippen LogP contribution in [0.5, 0.6) is 0 Å². The Morgan fingerprint density at radius 3 is 2.73 bits per heavy atom. The van der Waals surface area contributed by atoms with Crippen molar-refractivity contribution in [1.82, 2.24) is 10.2 Å². The van der Waals surface area contributed by atoms with Crippen LogP contribution in [0.25, 0.3) is 0 Å². The first-order valence-corrected chi connectivity index (χ1v) is 14.3. The Kier molecular flexibility index (Phi) is 8.40. The Balaban J connectivity index is 1.34. The number of nitrogens with one attached hydrogen (secondary N) is 2. The number of fused-ring (bicyclic) bond motifs is 2. The van der Waals surface area contributed by atoms with E-state index in [2.05, 4.69) is 17.2 Å². The number of nitrogens with zero attached hydrogens (tertiary/aromatic N) is 2. The molecule has 9 nitrogen and oxygen atoms in total. The molecule has 0 radical (unpaired) electrons. The highest BCUT2D eigenvalue weighted by Crippen LogP contribution is 2.46. The number of carbonyl (C=O) groups excluding carboxylic acids is 3. The van der Waals surface area contributed by atoms with Crippen molar-refractivity contribution in [2.75, 3.05) is 29.9 Å². The fraction of sp³-hybridized carbons (Fsp3) is 0.406. The van der Waals surface area contributed by atoms with Crippen LogP contribution in [0, 0.1) is 5.92 Å². The highest BCUT2D eigenvalue weighted by Gasteiger charge is 2.52. The van der Waals surface area contributed by atoms with Crippen LogP contribution in [0.15, 0.2) is 67.3 Å². The summed E-state index contributed by atoms with van der Waals surface area (Å²) < 4.78 is 0. The second kappa shape index (κ2) is 12.0. The topological polar surface area (TPSA) is 122 Å². The van der Waals surface area contributed by atoms with Gasteiger partial charge in [-0.15, -0.1) is 6.58 Å². The molecule has 0 saturated carbocycles. The molecule has 0 bridgehead atoms. The zero-order valence-electron chi connectivity index (χ0n) is 23.4. The van der Waals surface area contributed by atoms with Crippen molar-refractivity contribution in [2.45, 2.75) is 56.8 Å². The summed E-state index contributed by atoms with van der Waals surface area (Å²) in [7, 11) is 0. The van der Waals surface area contributed by atoms with Crippen molar-refractivity contribution in [2.24, 2.45) is 5.92 Å². The minimum absolute atomic E-state index is 0.0704. The lowest BCUT2D eigenvalue weighted by molar-refractivity contribution is -0.139. The quantitative estimate of drug-likeness (QED) is 0.351. The molecule has 0 aliphatic carbocycles. The molecule has 4 N–H and O–H groups in total. The number of amides is 3. The summed E-state index contributed by atoms with van der Waals surface area (Å²) in [5.74, 6) is -1.43. The molecule has 5 rings (SSSR count). The summed E-state index contributed by atoms with van der Waals surface area (Å²) in [6.07, 6.45) is 7.33. The molecule has 1 fully saturated rings. The number of hydrogen-bond acceptors (Lipinski definition) is 6. The number of benzene rings is 2. The Morgan fingerprint density at radius 2 is 2.02 bits per heavy atom. The molecule has 41 heavy (non-hydrogen) atoms. The van der Waals surface area contributed by atoms with Gasteiger partial charge in [0.05, 0.1) is 24.4 Å². The molecule has 2 aromatic rings. The summed E-state index contributed by atoms with van der Waals surface area (Å²) >= 11 is 0. The molecule has 0 aromatic heterocycles. The number of rotatable bonds is 9.